The zero-order valence-electron chi connectivity index (χ0n) is 32.4. The molecular weight excluding hydrogens is 532 g/mol. The van der Waals surface area contributed by atoms with E-state index in [0.717, 1.165) is 7.11 Å². The van der Waals surface area contributed by atoms with E-state index in [0.29, 0.717) is 0 Å². The fourth-order valence-corrected chi connectivity index (χ4v) is 5.37. The molecule has 1 heteroatoms. The Labute approximate surface area is 274 Å². The van der Waals surface area contributed by atoms with E-state index in [4.69, 9.17) is 5.11 Å². The van der Waals surface area contributed by atoms with Gasteiger partial charge in [0.05, 0.1) is 0 Å². The topological polar surface area (TPSA) is 20.2 Å². The second-order valence-corrected chi connectivity index (χ2v) is 18.1. The smallest absolute Gasteiger partial charge is 0.0319 e. The van der Waals surface area contributed by atoms with Crippen LogP contribution < -0.4 is 0 Å². The van der Waals surface area contributed by atoms with Gasteiger partial charge in [0.15, 0.2) is 0 Å². The van der Waals surface area contributed by atoms with Gasteiger partial charge in [0.25, 0.3) is 0 Å². The average Bonchev–Trinajstić information content (AvgIpc) is 2.88. The van der Waals surface area contributed by atoms with Crippen molar-refractivity contribution in [3.05, 3.63) is 106 Å². The third-order valence-corrected chi connectivity index (χ3v) is 7.63. The highest BCUT2D eigenvalue weighted by Gasteiger charge is 2.26. The van der Waals surface area contributed by atoms with Gasteiger partial charge in [0, 0.05) is 7.11 Å². The highest BCUT2D eigenvalue weighted by molar-refractivity contribution is 5.39. The summed E-state index contributed by atoms with van der Waals surface area (Å²) in [7, 11) is 1.00. The summed E-state index contributed by atoms with van der Waals surface area (Å²) >= 11 is 0. The minimum Gasteiger partial charge on any atom is -0.400 e. The van der Waals surface area contributed by atoms with Gasteiger partial charge in [0.1, 0.15) is 0 Å². The molecule has 0 atom stereocenters. The Morgan fingerprint density at radius 2 is 0.341 bits per heavy atom. The lowest BCUT2D eigenvalue weighted by atomic mass is 9.75. The second kappa shape index (κ2) is 15.8. The van der Waals surface area contributed by atoms with E-state index in [1.165, 1.54) is 33.4 Å². The molecule has 0 aliphatic heterocycles. The Kier molecular flexibility index (Phi) is 14.9. The molecule has 3 aromatic carbocycles. The van der Waals surface area contributed by atoms with Crippen molar-refractivity contribution in [2.75, 3.05) is 7.11 Å². The number of aliphatic hydroxyl groups excluding tert-OH is 1. The Morgan fingerprint density at radius 3 is 0.409 bits per heavy atom. The van der Waals surface area contributed by atoms with Gasteiger partial charge in [-0.15, -0.1) is 0 Å². The fourth-order valence-electron chi connectivity index (χ4n) is 5.37. The summed E-state index contributed by atoms with van der Waals surface area (Å²) < 4.78 is 0. The van der Waals surface area contributed by atoms with Crippen LogP contribution >= 0.6 is 0 Å². The van der Waals surface area contributed by atoms with Crippen molar-refractivity contribution in [3.63, 3.8) is 0 Å². The predicted molar refractivity (Wildman–Crippen MR) is 200 cm³/mol. The summed E-state index contributed by atoms with van der Waals surface area (Å²) in [6, 6.07) is 26.3. The molecule has 0 saturated carbocycles. The number of aliphatic hydroxyl groups is 1. The van der Waals surface area contributed by atoms with Crippen molar-refractivity contribution in [2.45, 2.75) is 157 Å². The molecule has 44 heavy (non-hydrogen) atoms. The van der Waals surface area contributed by atoms with Gasteiger partial charge in [-0.05, 0) is 65.9 Å². The monoisotopic (exact) mass is 603 g/mol. The molecule has 0 spiro atoms. The maximum atomic E-state index is 7.00. The second-order valence-electron chi connectivity index (χ2n) is 18.1. The largest absolute Gasteiger partial charge is 0.400 e. The first-order valence-corrected chi connectivity index (χ1v) is 16.4. The lowest BCUT2D eigenvalue weighted by Gasteiger charge is -2.29. The fraction of sp³-hybridized carbons (Fsp3) is 0.581. The molecule has 248 valence electrons. The van der Waals surface area contributed by atoms with Crippen LogP contribution in [0.5, 0.6) is 0 Å². The molecule has 0 radical (unpaired) electrons. The molecule has 0 saturated heterocycles. The molecule has 0 unspecified atom stereocenters. The van der Waals surface area contributed by atoms with Crippen LogP contribution in [0.1, 0.15) is 158 Å². The first kappa shape index (κ1) is 41.6. The van der Waals surface area contributed by atoms with Crippen molar-refractivity contribution >= 4 is 0 Å². The van der Waals surface area contributed by atoms with Gasteiger partial charge in [-0.25, -0.2) is 0 Å². The highest BCUT2D eigenvalue weighted by Crippen LogP contribution is 2.35. The van der Waals surface area contributed by atoms with Crippen molar-refractivity contribution in [2.24, 2.45) is 0 Å². The first-order valence-electron chi connectivity index (χ1n) is 16.4. The summed E-state index contributed by atoms with van der Waals surface area (Å²) in [6.45, 7) is 41.0. The van der Waals surface area contributed by atoms with E-state index < -0.39 is 0 Å². The van der Waals surface area contributed by atoms with E-state index in [1.807, 2.05) is 0 Å². The first-order chi connectivity index (χ1) is 19.7. The van der Waals surface area contributed by atoms with Gasteiger partial charge < -0.3 is 5.11 Å². The molecule has 0 bridgehead atoms. The van der Waals surface area contributed by atoms with E-state index in [1.54, 1.807) is 0 Å². The molecule has 0 aliphatic carbocycles. The van der Waals surface area contributed by atoms with E-state index in [2.05, 4.69) is 197 Å². The van der Waals surface area contributed by atoms with Crippen LogP contribution in [0.4, 0.5) is 0 Å². The zero-order valence-corrected chi connectivity index (χ0v) is 32.4. The van der Waals surface area contributed by atoms with Crippen LogP contribution in [-0.2, 0) is 32.5 Å². The van der Waals surface area contributed by atoms with Crippen LogP contribution in [0.2, 0.25) is 0 Å². The summed E-state index contributed by atoms with van der Waals surface area (Å²) in [6.07, 6.45) is 0. The maximum Gasteiger partial charge on any atom is 0.0319 e. The summed E-state index contributed by atoms with van der Waals surface area (Å²) in [5, 5.41) is 7.00. The minimum absolute atomic E-state index is 0.240. The molecule has 1 nitrogen and oxygen atoms in total. The van der Waals surface area contributed by atoms with Crippen LogP contribution in [0.25, 0.3) is 0 Å². The summed E-state index contributed by atoms with van der Waals surface area (Å²) in [4.78, 5) is 0. The Bertz CT molecular complexity index is 991. The third kappa shape index (κ3) is 13.3. The molecular formula is C43H70O. The van der Waals surface area contributed by atoms with Gasteiger partial charge in [-0.1, -0.05) is 197 Å². The van der Waals surface area contributed by atoms with Crippen molar-refractivity contribution in [3.8, 4) is 0 Å². The van der Waals surface area contributed by atoms with Crippen LogP contribution in [0, 0.1) is 0 Å². The van der Waals surface area contributed by atoms with Gasteiger partial charge in [-0.3, -0.25) is 0 Å². The van der Waals surface area contributed by atoms with Crippen LogP contribution in [0.15, 0.2) is 72.8 Å². The molecule has 1 N–H and O–H groups in total. The number of hydrogen-bond acceptors (Lipinski definition) is 1. The lowest BCUT2D eigenvalue weighted by Crippen LogP contribution is -2.21. The van der Waals surface area contributed by atoms with E-state index in [9.17, 15) is 0 Å². The number of benzene rings is 3. The van der Waals surface area contributed by atoms with Crippen molar-refractivity contribution < 1.29 is 5.11 Å². The van der Waals surface area contributed by atoms with Gasteiger partial charge >= 0.3 is 0 Å². The standard InChI is InChI=1S/3C14H22.CH4O/c3*1-13(2,3)11-9-7-8-10-12(11)14(4,5)6;1-2/h3*7-10H,1-6H3;2H,1H3. The molecule has 0 amide bonds. The third-order valence-electron chi connectivity index (χ3n) is 7.63. The van der Waals surface area contributed by atoms with Crippen molar-refractivity contribution in [1.82, 2.24) is 0 Å². The highest BCUT2D eigenvalue weighted by atomic mass is 16.2. The maximum absolute atomic E-state index is 7.00. The number of rotatable bonds is 0. The SMILES string of the molecule is CC(C)(C)c1ccccc1C(C)(C)C.CC(C)(C)c1ccccc1C(C)(C)C.CC(C)(C)c1ccccc1C(C)(C)C.CO. The number of hydrogen-bond donors (Lipinski definition) is 1. The Balaban J connectivity index is 0.000000612. The van der Waals surface area contributed by atoms with Crippen LogP contribution in [-0.4, -0.2) is 12.2 Å². The molecule has 0 aromatic heterocycles. The Morgan fingerprint density at radius 1 is 0.250 bits per heavy atom. The minimum atomic E-state index is 0.240. The molecule has 0 heterocycles. The van der Waals surface area contributed by atoms with E-state index >= 15 is 0 Å². The van der Waals surface area contributed by atoms with Crippen LogP contribution in [0.3, 0.4) is 0 Å². The molecule has 0 aliphatic rings. The van der Waals surface area contributed by atoms with Gasteiger partial charge in [-0.2, -0.15) is 0 Å². The Hall–Kier alpha value is -2.38. The summed E-state index contributed by atoms with van der Waals surface area (Å²) in [5.41, 5.74) is 10.2. The van der Waals surface area contributed by atoms with Gasteiger partial charge in [0.2, 0.25) is 0 Å². The van der Waals surface area contributed by atoms with E-state index in [-0.39, 0.29) is 32.5 Å². The summed E-state index contributed by atoms with van der Waals surface area (Å²) in [5.74, 6) is 0. The molecule has 3 rings (SSSR count). The predicted octanol–water partition coefficient (Wildman–Crippen LogP) is 12.5. The zero-order chi connectivity index (χ0) is 34.9. The quantitative estimate of drug-likeness (QED) is 0.271. The van der Waals surface area contributed by atoms with Crippen molar-refractivity contribution in [1.29, 1.82) is 0 Å². The lowest BCUT2D eigenvalue weighted by molar-refractivity contribution is 0.399. The average molecular weight is 603 g/mol. The molecule has 0 fully saturated rings. The normalized spacial score (nSPS) is 12.5. The molecule has 3 aromatic rings.